The molecular weight excluding hydrogens is 408 g/mol. The molecule has 0 aromatic heterocycles. The Kier molecular flexibility index (Phi) is 4.95. The number of rotatable bonds is 4. The predicted octanol–water partition coefficient (Wildman–Crippen LogP) is 1.51. The molecule has 4 aliphatic heterocycles. The van der Waals surface area contributed by atoms with Gasteiger partial charge in [-0.3, -0.25) is 25.2 Å². The van der Waals surface area contributed by atoms with Gasteiger partial charge in [0.1, 0.15) is 23.7 Å². The lowest BCUT2D eigenvalue weighted by Crippen LogP contribution is -2.52. The van der Waals surface area contributed by atoms with Gasteiger partial charge in [-0.2, -0.15) is 0 Å². The number of piperidine rings is 1. The van der Waals surface area contributed by atoms with Crippen molar-refractivity contribution in [1.82, 2.24) is 15.1 Å². The summed E-state index contributed by atoms with van der Waals surface area (Å²) in [5, 5.41) is 11.0. The van der Waals surface area contributed by atoms with Crippen molar-refractivity contribution in [2.45, 2.75) is 56.8 Å². The van der Waals surface area contributed by atoms with Gasteiger partial charge in [0.2, 0.25) is 11.8 Å². The number of nitrogens with one attached hydrogen (secondary N) is 2. The van der Waals surface area contributed by atoms with Crippen LogP contribution in [-0.4, -0.2) is 71.9 Å². The molecule has 1 saturated carbocycles. The standard InChI is InChI=1S/C24H30N4O4/c25-23-18-5-4-17(8-14(18)11-28(23)20-6-7-22(29)26-24(20)30)32-21-3-1-2-19(21)27-9-15-12-31-13-16(15)10-27/h4-5,8,15-16,19-21,25H,1-3,6-7,9-13H2,(H,26,29,30)/t15-,16+,19-,20?,21+/m0/s1. The number of fused-ring (bicyclic) bond motifs is 2. The Hall–Kier alpha value is -2.45. The number of hydrogen-bond donors (Lipinski definition) is 2. The van der Waals surface area contributed by atoms with Gasteiger partial charge >= 0.3 is 0 Å². The molecule has 8 nitrogen and oxygen atoms in total. The number of imide groups is 1. The van der Waals surface area contributed by atoms with Gasteiger partial charge in [-0.05, 0) is 49.4 Å². The van der Waals surface area contributed by atoms with E-state index in [0.29, 0.717) is 43.1 Å². The minimum atomic E-state index is -0.463. The van der Waals surface area contributed by atoms with Crippen LogP contribution < -0.4 is 10.1 Å². The molecule has 0 radical (unpaired) electrons. The highest BCUT2D eigenvalue weighted by atomic mass is 16.5. The second-order valence-electron chi connectivity index (χ2n) is 9.93. The molecular formula is C24H30N4O4. The summed E-state index contributed by atoms with van der Waals surface area (Å²) in [6.45, 7) is 4.55. The van der Waals surface area contributed by atoms with Crippen LogP contribution >= 0.6 is 0 Å². The summed E-state index contributed by atoms with van der Waals surface area (Å²) < 4.78 is 12.2. The molecule has 5 atom stereocenters. The summed E-state index contributed by atoms with van der Waals surface area (Å²) in [5.41, 5.74) is 1.86. The van der Waals surface area contributed by atoms with Crippen LogP contribution in [0.25, 0.3) is 0 Å². The zero-order valence-electron chi connectivity index (χ0n) is 18.2. The highest BCUT2D eigenvalue weighted by Gasteiger charge is 2.44. The Bertz CT molecular complexity index is 953. The second kappa shape index (κ2) is 7.85. The molecule has 6 rings (SSSR count). The molecule has 4 fully saturated rings. The molecule has 170 valence electrons. The monoisotopic (exact) mass is 438 g/mol. The normalized spacial score (nSPS) is 34.7. The molecule has 3 saturated heterocycles. The molecule has 5 aliphatic rings. The minimum absolute atomic E-state index is 0.194. The molecule has 2 N–H and O–H groups in total. The molecule has 1 unspecified atom stereocenters. The van der Waals surface area contributed by atoms with Crippen molar-refractivity contribution in [3.8, 4) is 5.75 Å². The first-order valence-electron chi connectivity index (χ1n) is 11.9. The minimum Gasteiger partial charge on any atom is -0.489 e. The number of carbonyl (C=O) groups is 2. The third-order valence-corrected chi connectivity index (χ3v) is 7.99. The van der Waals surface area contributed by atoms with Gasteiger partial charge < -0.3 is 14.4 Å². The van der Waals surface area contributed by atoms with E-state index >= 15 is 0 Å². The topological polar surface area (TPSA) is 95.0 Å². The third kappa shape index (κ3) is 3.40. The molecule has 8 heteroatoms. The van der Waals surface area contributed by atoms with E-state index in [1.54, 1.807) is 4.90 Å². The van der Waals surface area contributed by atoms with E-state index in [9.17, 15) is 9.59 Å². The van der Waals surface area contributed by atoms with Crippen LogP contribution in [0.3, 0.4) is 0 Å². The molecule has 0 spiro atoms. The van der Waals surface area contributed by atoms with Crippen molar-refractivity contribution in [3.63, 3.8) is 0 Å². The fourth-order valence-corrected chi connectivity index (χ4v) is 6.30. The van der Waals surface area contributed by atoms with E-state index in [-0.39, 0.29) is 17.9 Å². The lowest BCUT2D eigenvalue weighted by molar-refractivity contribution is -0.136. The number of amidine groups is 1. The number of nitrogens with zero attached hydrogens (tertiary/aromatic N) is 2. The van der Waals surface area contributed by atoms with Gasteiger partial charge in [0.15, 0.2) is 0 Å². The van der Waals surface area contributed by atoms with Gasteiger partial charge in [0.05, 0.1) is 13.2 Å². The van der Waals surface area contributed by atoms with E-state index < -0.39 is 6.04 Å². The van der Waals surface area contributed by atoms with Crippen LogP contribution in [-0.2, 0) is 20.9 Å². The maximum Gasteiger partial charge on any atom is 0.249 e. The third-order valence-electron chi connectivity index (χ3n) is 7.99. The number of ether oxygens (including phenoxy) is 2. The van der Waals surface area contributed by atoms with Crippen molar-refractivity contribution in [1.29, 1.82) is 5.41 Å². The molecule has 32 heavy (non-hydrogen) atoms. The first-order valence-corrected chi connectivity index (χ1v) is 11.9. The van der Waals surface area contributed by atoms with Crippen molar-refractivity contribution in [2.24, 2.45) is 11.8 Å². The average Bonchev–Trinajstić information content (AvgIpc) is 3.52. The lowest BCUT2D eigenvalue weighted by atomic mass is 10.0. The number of benzene rings is 1. The fourth-order valence-electron chi connectivity index (χ4n) is 6.30. The predicted molar refractivity (Wildman–Crippen MR) is 116 cm³/mol. The summed E-state index contributed by atoms with van der Waals surface area (Å²) in [6, 6.07) is 5.95. The van der Waals surface area contributed by atoms with Crippen LogP contribution in [0.1, 0.15) is 43.2 Å². The summed E-state index contributed by atoms with van der Waals surface area (Å²) in [5.74, 6) is 2.03. The van der Waals surface area contributed by atoms with Crippen LogP contribution in [0.4, 0.5) is 0 Å². The Morgan fingerprint density at radius 3 is 2.69 bits per heavy atom. The van der Waals surface area contributed by atoms with Crippen molar-refractivity contribution in [2.75, 3.05) is 26.3 Å². The van der Waals surface area contributed by atoms with Gasteiger partial charge in [0, 0.05) is 49.5 Å². The number of likely N-dealkylation sites (tertiary alicyclic amines) is 1. The Balaban J connectivity index is 1.14. The maximum atomic E-state index is 12.3. The Labute approximate surface area is 187 Å². The summed E-state index contributed by atoms with van der Waals surface area (Å²) in [7, 11) is 0. The highest BCUT2D eigenvalue weighted by molar-refractivity contribution is 6.06. The van der Waals surface area contributed by atoms with Crippen LogP contribution in [0.15, 0.2) is 18.2 Å². The van der Waals surface area contributed by atoms with Crippen molar-refractivity contribution < 1.29 is 19.1 Å². The van der Waals surface area contributed by atoms with E-state index in [0.717, 1.165) is 49.6 Å². The van der Waals surface area contributed by atoms with Gasteiger partial charge in [0.25, 0.3) is 0 Å². The quantitative estimate of drug-likeness (QED) is 0.692. The zero-order valence-corrected chi connectivity index (χ0v) is 18.2. The summed E-state index contributed by atoms with van der Waals surface area (Å²) >= 11 is 0. The van der Waals surface area contributed by atoms with Crippen LogP contribution in [0, 0.1) is 17.2 Å². The molecule has 2 amide bonds. The maximum absolute atomic E-state index is 12.3. The highest BCUT2D eigenvalue weighted by Crippen LogP contribution is 2.37. The van der Waals surface area contributed by atoms with E-state index in [1.165, 1.54) is 12.8 Å². The molecule has 0 bridgehead atoms. The van der Waals surface area contributed by atoms with Crippen LogP contribution in [0.5, 0.6) is 5.75 Å². The van der Waals surface area contributed by atoms with Crippen molar-refractivity contribution >= 4 is 17.6 Å². The van der Waals surface area contributed by atoms with Gasteiger partial charge in [-0.15, -0.1) is 0 Å². The molecule has 1 aromatic rings. The van der Waals surface area contributed by atoms with E-state index in [1.807, 2.05) is 18.2 Å². The van der Waals surface area contributed by atoms with E-state index in [2.05, 4.69) is 10.2 Å². The number of carbonyl (C=O) groups excluding carboxylic acids is 2. The van der Waals surface area contributed by atoms with Crippen LogP contribution in [0.2, 0.25) is 0 Å². The van der Waals surface area contributed by atoms with Crippen molar-refractivity contribution in [3.05, 3.63) is 29.3 Å². The molecule has 1 aromatic carbocycles. The average molecular weight is 439 g/mol. The molecule has 1 aliphatic carbocycles. The second-order valence-corrected chi connectivity index (χ2v) is 9.93. The summed E-state index contributed by atoms with van der Waals surface area (Å²) in [4.78, 5) is 28.2. The number of amides is 2. The largest absolute Gasteiger partial charge is 0.489 e. The smallest absolute Gasteiger partial charge is 0.249 e. The Morgan fingerprint density at radius 2 is 1.91 bits per heavy atom. The van der Waals surface area contributed by atoms with Gasteiger partial charge in [-0.25, -0.2) is 0 Å². The fraction of sp³-hybridized carbons (Fsp3) is 0.625. The first-order chi connectivity index (χ1) is 15.6. The molecule has 4 heterocycles. The van der Waals surface area contributed by atoms with Gasteiger partial charge in [-0.1, -0.05) is 0 Å². The SMILES string of the molecule is N=C1c2ccc(O[C@@H]3CCC[C@@H]3N3C[C@H]4COC[C@H]4C3)cc2CN1C1CCC(=O)NC1=O. The van der Waals surface area contributed by atoms with E-state index in [4.69, 9.17) is 14.9 Å². The number of hydrogen-bond acceptors (Lipinski definition) is 6. The first kappa shape index (κ1) is 20.2. The summed E-state index contributed by atoms with van der Waals surface area (Å²) in [6.07, 6.45) is 4.41. The zero-order chi connectivity index (χ0) is 21.8. The lowest BCUT2D eigenvalue weighted by Gasteiger charge is -2.30. The Morgan fingerprint density at radius 1 is 1.09 bits per heavy atom.